The Balaban J connectivity index is 2.42. The first-order chi connectivity index (χ1) is 9.50. The number of nitrogens with zero attached hydrogens (tertiary/aromatic N) is 4. The van der Waals surface area contributed by atoms with Crippen LogP contribution in [0.25, 0.3) is 5.82 Å². The first-order valence-corrected chi connectivity index (χ1v) is 6.37. The summed E-state index contributed by atoms with van der Waals surface area (Å²) in [6.07, 6.45) is 5.00. The van der Waals surface area contributed by atoms with Crippen molar-refractivity contribution in [3.63, 3.8) is 0 Å². The van der Waals surface area contributed by atoms with Crippen LogP contribution in [0.15, 0.2) is 36.7 Å². The van der Waals surface area contributed by atoms with Gasteiger partial charge in [0.15, 0.2) is 11.6 Å². The van der Waals surface area contributed by atoms with E-state index in [2.05, 4.69) is 10.1 Å². The molecule has 0 atom stereocenters. The third kappa shape index (κ3) is 2.77. The van der Waals surface area contributed by atoms with Gasteiger partial charge in [-0.25, -0.2) is 9.67 Å². The minimum Gasteiger partial charge on any atom is -0.383 e. The molecule has 20 heavy (non-hydrogen) atoms. The van der Waals surface area contributed by atoms with Gasteiger partial charge >= 0.3 is 0 Å². The number of hydrogen-bond donors (Lipinski definition) is 0. The number of ketones is 1. The molecule has 0 radical (unpaired) electrons. The molecule has 0 unspecified atom stereocenters. The molecule has 0 aliphatic rings. The fraction of sp³-hybridized carbons (Fsp3) is 0.267. The average Bonchev–Trinajstić information content (AvgIpc) is 2.72. The number of allylic oxidation sites excluding steroid dienone is 1. The van der Waals surface area contributed by atoms with Crippen molar-refractivity contribution in [1.82, 2.24) is 19.7 Å². The highest BCUT2D eigenvalue weighted by Gasteiger charge is 2.17. The predicted octanol–water partition coefficient (Wildman–Crippen LogP) is 2.14. The molecule has 104 valence electrons. The highest BCUT2D eigenvalue weighted by molar-refractivity contribution is 6.06. The molecule has 5 heteroatoms. The molecule has 0 aliphatic carbocycles. The third-order valence-electron chi connectivity index (χ3n) is 2.93. The largest absolute Gasteiger partial charge is 0.383 e. The molecule has 2 rings (SSSR count). The van der Waals surface area contributed by atoms with E-state index in [1.165, 1.54) is 0 Å². The van der Waals surface area contributed by atoms with E-state index in [1.54, 1.807) is 23.2 Å². The summed E-state index contributed by atoms with van der Waals surface area (Å²) in [5, 5.41) is 4.41. The number of hydrogen-bond acceptors (Lipinski definition) is 4. The number of carbonyl (C=O) groups is 1. The summed E-state index contributed by atoms with van der Waals surface area (Å²) in [5.41, 5.74) is 2.14. The Morgan fingerprint density at radius 1 is 1.30 bits per heavy atom. The molecule has 0 aliphatic heterocycles. The maximum atomic E-state index is 12.2. The molecule has 5 nitrogen and oxygen atoms in total. The summed E-state index contributed by atoms with van der Waals surface area (Å²) in [6, 6.07) is 5.61. The maximum Gasteiger partial charge on any atom is 0.190 e. The van der Waals surface area contributed by atoms with Gasteiger partial charge in [0.25, 0.3) is 0 Å². The van der Waals surface area contributed by atoms with Crippen molar-refractivity contribution in [2.75, 3.05) is 14.1 Å². The number of rotatable bonds is 4. The normalized spacial score (nSPS) is 11.0. The van der Waals surface area contributed by atoms with Crippen LogP contribution in [-0.4, -0.2) is 39.5 Å². The minimum atomic E-state index is -0.0455. The van der Waals surface area contributed by atoms with Gasteiger partial charge in [-0.05, 0) is 26.0 Å². The standard InChI is InChI=1S/C15H18N4O/c1-11-15(13(20)8-10-18(3)4)12(2)19(17-11)14-7-5-6-9-16-14/h5-10H,1-4H3/b10-8+. The van der Waals surface area contributed by atoms with Crippen molar-refractivity contribution < 1.29 is 4.79 Å². The van der Waals surface area contributed by atoms with Gasteiger partial charge in [-0.2, -0.15) is 5.10 Å². The molecule has 0 saturated heterocycles. The van der Waals surface area contributed by atoms with Gasteiger partial charge in [0.1, 0.15) is 0 Å². The Morgan fingerprint density at radius 3 is 2.65 bits per heavy atom. The predicted molar refractivity (Wildman–Crippen MR) is 78.0 cm³/mol. The Morgan fingerprint density at radius 2 is 2.05 bits per heavy atom. The molecule has 0 bridgehead atoms. The smallest absolute Gasteiger partial charge is 0.190 e. The molecule has 2 aromatic heterocycles. The van der Waals surface area contributed by atoms with Crippen LogP contribution in [0.2, 0.25) is 0 Å². The van der Waals surface area contributed by atoms with Gasteiger partial charge in [0.05, 0.1) is 17.0 Å². The van der Waals surface area contributed by atoms with Crippen LogP contribution in [0.5, 0.6) is 0 Å². The second kappa shape index (κ2) is 5.69. The lowest BCUT2D eigenvalue weighted by molar-refractivity contribution is 0.104. The van der Waals surface area contributed by atoms with Crippen molar-refractivity contribution in [2.24, 2.45) is 0 Å². The Kier molecular flexibility index (Phi) is 3.98. The van der Waals surface area contributed by atoms with Gasteiger partial charge in [0.2, 0.25) is 0 Å². The molecule has 2 aromatic rings. The summed E-state index contributed by atoms with van der Waals surface area (Å²) < 4.78 is 1.70. The summed E-state index contributed by atoms with van der Waals surface area (Å²) in [6.45, 7) is 3.72. The molecule has 0 N–H and O–H groups in total. The van der Waals surface area contributed by atoms with Crippen molar-refractivity contribution in [2.45, 2.75) is 13.8 Å². The van der Waals surface area contributed by atoms with E-state index < -0.39 is 0 Å². The Hall–Kier alpha value is -2.43. The van der Waals surface area contributed by atoms with Gasteiger partial charge in [-0.1, -0.05) is 6.07 Å². The van der Waals surface area contributed by atoms with Crippen LogP contribution in [0.1, 0.15) is 21.7 Å². The zero-order chi connectivity index (χ0) is 14.7. The van der Waals surface area contributed by atoms with Crippen molar-refractivity contribution >= 4 is 5.78 Å². The van der Waals surface area contributed by atoms with Crippen LogP contribution in [0, 0.1) is 13.8 Å². The first kappa shape index (κ1) is 14.0. The molecular formula is C15H18N4O. The van der Waals surface area contributed by atoms with E-state index in [4.69, 9.17) is 0 Å². The summed E-state index contributed by atoms with van der Waals surface area (Å²) in [7, 11) is 3.75. The highest BCUT2D eigenvalue weighted by atomic mass is 16.1. The number of aromatic nitrogens is 3. The van der Waals surface area contributed by atoms with Crippen molar-refractivity contribution in [3.05, 3.63) is 53.6 Å². The second-order valence-electron chi connectivity index (χ2n) is 4.79. The quantitative estimate of drug-likeness (QED) is 0.631. The lowest BCUT2D eigenvalue weighted by atomic mass is 10.1. The van der Waals surface area contributed by atoms with Gasteiger partial charge < -0.3 is 4.90 Å². The molecule has 0 spiro atoms. The van der Waals surface area contributed by atoms with E-state index in [1.807, 2.05) is 51.0 Å². The Bertz CT molecular complexity index is 641. The minimum absolute atomic E-state index is 0.0455. The van der Waals surface area contributed by atoms with Crippen LogP contribution < -0.4 is 0 Å². The fourth-order valence-electron chi connectivity index (χ4n) is 2.00. The lowest BCUT2D eigenvalue weighted by Gasteiger charge is -2.04. The van der Waals surface area contributed by atoms with Crippen LogP contribution in [0.3, 0.4) is 0 Å². The van der Waals surface area contributed by atoms with Crippen LogP contribution >= 0.6 is 0 Å². The summed E-state index contributed by atoms with van der Waals surface area (Å²) in [4.78, 5) is 18.3. The first-order valence-electron chi connectivity index (χ1n) is 6.37. The van der Waals surface area contributed by atoms with E-state index in [9.17, 15) is 4.79 Å². The fourth-order valence-corrected chi connectivity index (χ4v) is 2.00. The lowest BCUT2D eigenvalue weighted by Crippen LogP contribution is -2.05. The van der Waals surface area contributed by atoms with Gasteiger partial charge in [0, 0.05) is 32.6 Å². The average molecular weight is 270 g/mol. The topological polar surface area (TPSA) is 51.0 Å². The molecule has 0 amide bonds. The SMILES string of the molecule is Cc1nn(-c2ccccn2)c(C)c1C(=O)/C=C/N(C)C. The van der Waals surface area contributed by atoms with Gasteiger partial charge in [-0.3, -0.25) is 4.79 Å². The summed E-state index contributed by atoms with van der Waals surface area (Å²) >= 11 is 0. The number of aryl methyl sites for hydroxylation is 1. The van der Waals surface area contributed by atoms with Crippen molar-refractivity contribution in [1.29, 1.82) is 0 Å². The van der Waals surface area contributed by atoms with E-state index in [-0.39, 0.29) is 5.78 Å². The Labute approximate surface area is 118 Å². The molecule has 2 heterocycles. The van der Waals surface area contributed by atoms with Crippen LogP contribution in [0.4, 0.5) is 0 Å². The van der Waals surface area contributed by atoms with E-state index >= 15 is 0 Å². The number of carbonyl (C=O) groups excluding carboxylic acids is 1. The monoisotopic (exact) mass is 270 g/mol. The zero-order valence-corrected chi connectivity index (χ0v) is 12.2. The van der Waals surface area contributed by atoms with E-state index in [0.717, 1.165) is 5.69 Å². The zero-order valence-electron chi connectivity index (χ0n) is 12.2. The maximum absolute atomic E-state index is 12.2. The highest BCUT2D eigenvalue weighted by Crippen LogP contribution is 2.17. The molecule has 0 aromatic carbocycles. The van der Waals surface area contributed by atoms with E-state index in [0.29, 0.717) is 17.1 Å². The molecular weight excluding hydrogens is 252 g/mol. The molecule has 0 saturated carbocycles. The van der Waals surface area contributed by atoms with Crippen LogP contribution in [-0.2, 0) is 0 Å². The molecule has 0 fully saturated rings. The van der Waals surface area contributed by atoms with Crippen molar-refractivity contribution in [3.8, 4) is 5.82 Å². The van der Waals surface area contributed by atoms with Gasteiger partial charge in [-0.15, -0.1) is 0 Å². The summed E-state index contributed by atoms with van der Waals surface area (Å²) in [5.74, 6) is 0.666. The third-order valence-corrected chi connectivity index (χ3v) is 2.93. The number of pyridine rings is 1. The second-order valence-corrected chi connectivity index (χ2v) is 4.79.